The van der Waals surface area contributed by atoms with E-state index in [0.29, 0.717) is 13.1 Å². The van der Waals surface area contributed by atoms with E-state index in [1.807, 2.05) is 56.9 Å². The lowest BCUT2D eigenvalue weighted by Gasteiger charge is -2.27. The van der Waals surface area contributed by atoms with Gasteiger partial charge in [0, 0.05) is 18.8 Å². The maximum atomic E-state index is 12.5. The van der Waals surface area contributed by atoms with Crippen molar-refractivity contribution in [3.8, 4) is 0 Å². The first-order valence-corrected chi connectivity index (χ1v) is 6.59. The van der Waals surface area contributed by atoms with Gasteiger partial charge in [-0.2, -0.15) is 0 Å². The van der Waals surface area contributed by atoms with Crippen LogP contribution in [-0.4, -0.2) is 19.0 Å². The molecule has 0 saturated heterocycles. The number of aryl methyl sites for hydroxylation is 1. The molecule has 0 aliphatic carbocycles. The summed E-state index contributed by atoms with van der Waals surface area (Å²) in [5, 5.41) is 0. The monoisotopic (exact) mass is 248 g/mol. The average molecular weight is 248 g/mol. The summed E-state index contributed by atoms with van der Waals surface area (Å²) in [6.07, 6.45) is 0. The van der Waals surface area contributed by atoms with Crippen molar-refractivity contribution >= 4 is 11.6 Å². The highest BCUT2D eigenvalue weighted by molar-refractivity contribution is 5.95. The highest BCUT2D eigenvalue weighted by atomic mass is 16.2. The molecule has 0 aliphatic heterocycles. The molecule has 3 heteroatoms. The van der Waals surface area contributed by atoms with Gasteiger partial charge in [-0.15, -0.1) is 0 Å². The molecule has 1 rings (SSSR count). The summed E-state index contributed by atoms with van der Waals surface area (Å²) in [5.74, 6) is 0.284. The van der Waals surface area contributed by atoms with Crippen LogP contribution in [0.1, 0.15) is 26.3 Å². The maximum absolute atomic E-state index is 12.5. The highest BCUT2D eigenvalue weighted by Crippen LogP contribution is 2.20. The number of amides is 1. The smallest absolute Gasteiger partial charge is 0.231 e. The van der Waals surface area contributed by atoms with E-state index in [1.54, 1.807) is 0 Å². The minimum atomic E-state index is -0.105. The van der Waals surface area contributed by atoms with E-state index < -0.39 is 0 Å². The summed E-state index contributed by atoms with van der Waals surface area (Å²) in [6.45, 7) is 9.19. The number of carbonyl (C=O) groups excluding carboxylic acids is 1. The third-order valence-electron chi connectivity index (χ3n) is 3.30. The van der Waals surface area contributed by atoms with E-state index in [0.717, 1.165) is 5.69 Å². The summed E-state index contributed by atoms with van der Waals surface area (Å²) in [6, 6.07) is 8.03. The van der Waals surface area contributed by atoms with Crippen molar-refractivity contribution < 1.29 is 4.79 Å². The molecule has 0 radical (unpaired) electrons. The first-order chi connectivity index (χ1) is 8.51. The summed E-state index contributed by atoms with van der Waals surface area (Å²) in [5.41, 5.74) is 7.87. The fraction of sp³-hybridized carbons (Fsp3) is 0.533. The molecule has 1 unspecified atom stereocenters. The van der Waals surface area contributed by atoms with Crippen LogP contribution in [0.3, 0.4) is 0 Å². The van der Waals surface area contributed by atoms with Gasteiger partial charge in [0.15, 0.2) is 0 Å². The summed E-state index contributed by atoms with van der Waals surface area (Å²) < 4.78 is 0. The summed E-state index contributed by atoms with van der Waals surface area (Å²) in [4.78, 5) is 14.3. The standard InChI is InChI=1S/C15H24N2O/c1-5-17(13-8-6-12(4)7-9-13)15(18)14(10-16)11(2)3/h6-9,11,14H,5,10,16H2,1-4H3. The van der Waals surface area contributed by atoms with Gasteiger partial charge >= 0.3 is 0 Å². The lowest BCUT2D eigenvalue weighted by atomic mass is 9.94. The molecule has 0 aromatic heterocycles. The van der Waals surface area contributed by atoms with Crippen LogP contribution in [0.15, 0.2) is 24.3 Å². The van der Waals surface area contributed by atoms with Crippen LogP contribution in [0.5, 0.6) is 0 Å². The molecule has 0 spiro atoms. The lowest BCUT2D eigenvalue weighted by Crippen LogP contribution is -2.41. The van der Waals surface area contributed by atoms with Gasteiger partial charge in [0.1, 0.15) is 0 Å². The van der Waals surface area contributed by atoms with Crippen LogP contribution in [0.4, 0.5) is 5.69 Å². The second-order valence-electron chi connectivity index (χ2n) is 5.00. The van der Waals surface area contributed by atoms with Crippen LogP contribution in [-0.2, 0) is 4.79 Å². The quantitative estimate of drug-likeness (QED) is 0.870. The van der Waals surface area contributed by atoms with Crippen molar-refractivity contribution in [1.29, 1.82) is 0 Å². The molecule has 0 bridgehead atoms. The molecule has 1 atom stereocenters. The zero-order valence-electron chi connectivity index (χ0n) is 11.8. The van der Waals surface area contributed by atoms with Crippen LogP contribution in [0.25, 0.3) is 0 Å². The Morgan fingerprint density at radius 3 is 2.22 bits per heavy atom. The van der Waals surface area contributed by atoms with E-state index in [4.69, 9.17) is 5.73 Å². The Hall–Kier alpha value is -1.35. The Morgan fingerprint density at radius 1 is 1.28 bits per heavy atom. The Balaban J connectivity index is 2.95. The SMILES string of the molecule is CCN(C(=O)C(CN)C(C)C)c1ccc(C)cc1. The molecular weight excluding hydrogens is 224 g/mol. The van der Waals surface area contributed by atoms with Crippen molar-refractivity contribution in [3.63, 3.8) is 0 Å². The van der Waals surface area contributed by atoms with Crippen molar-refractivity contribution in [3.05, 3.63) is 29.8 Å². The Morgan fingerprint density at radius 2 is 1.83 bits per heavy atom. The van der Waals surface area contributed by atoms with Crippen molar-refractivity contribution in [2.45, 2.75) is 27.7 Å². The number of rotatable bonds is 5. The van der Waals surface area contributed by atoms with Crippen LogP contribution in [0.2, 0.25) is 0 Å². The highest BCUT2D eigenvalue weighted by Gasteiger charge is 2.25. The molecular formula is C15H24N2O. The second kappa shape index (κ2) is 6.55. The first-order valence-electron chi connectivity index (χ1n) is 6.59. The second-order valence-corrected chi connectivity index (χ2v) is 5.00. The molecule has 3 nitrogen and oxygen atoms in total. The van der Waals surface area contributed by atoms with Gasteiger partial charge in [0.25, 0.3) is 0 Å². The number of hydrogen-bond donors (Lipinski definition) is 1. The van der Waals surface area contributed by atoms with Gasteiger partial charge in [-0.05, 0) is 31.9 Å². The molecule has 2 N–H and O–H groups in total. The fourth-order valence-electron chi connectivity index (χ4n) is 2.05. The molecule has 1 aromatic carbocycles. The molecule has 18 heavy (non-hydrogen) atoms. The Kier molecular flexibility index (Phi) is 5.35. The zero-order chi connectivity index (χ0) is 13.7. The van der Waals surface area contributed by atoms with Crippen LogP contribution < -0.4 is 10.6 Å². The van der Waals surface area contributed by atoms with Gasteiger partial charge in [-0.3, -0.25) is 4.79 Å². The number of anilines is 1. The van der Waals surface area contributed by atoms with Gasteiger partial charge in [-0.25, -0.2) is 0 Å². The van der Waals surface area contributed by atoms with E-state index in [9.17, 15) is 4.79 Å². The minimum absolute atomic E-state index is 0.105. The number of carbonyl (C=O) groups is 1. The molecule has 1 aromatic rings. The summed E-state index contributed by atoms with van der Waals surface area (Å²) in [7, 11) is 0. The van der Waals surface area contributed by atoms with E-state index in [-0.39, 0.29) is 17.7 Å². The third kappa shape index (κ3) is 3.33. The molecule has 100 valence electrons. The first kappa shape index (κ1) is 14.7. The molecule has 0 aliphatic rings. The number of hydrogen-bond acceptors (Lipinski definition) is 2. The van der Waals surface area contributed by atoms with Crippen molar-refractivity contribution in [2.75, 3.05) is 18.0 Å². The topological polar surface area (TPSA) is 46.3 Å². The molecule has 0 fully saturated rings. The van der Waals surface area contributed by atoms with Crippen molar-refractivity contribution in [1.82, 2.24) is 0 Å². The van der Waals surface area contributed by atoms with E-state index >= 15 is 0 Å². The number of benzene rings is 1. The largest absolute Gasteiger partial charge is 0.330 e. The fourth-order valence-corrected chi connectivity index (χ4v) is 2.05. The normalized spacial score (nSPS) is 12.6. The Labute approximate surface area is 110 Å². The number of nitrogens with zero attached hydrogens (tertiary/aromatic N) is 1. The third-order valence-corrected chi connectivity index (χ3v) is 3.30. The van der Waals surface area contributed by atoms with Crippen LogP contribution in [0, 0.1) is 18.8 Å². The van der Waals surface area contributed by atoms with E-state index in [2.05, 4.69) is 0 Å². The maximum Gasteiger partial charge on any atom is 0.231 e. The average Bonchev–Trinajstić information content (AvgIpc) is 2.33. The molecule has 0 saturated carbocycles. The lowest BCUT2D eigenvalue weighted by molar-refractivity contribution is -0.123. The van der Waals surface area contributed by atoms with Gasteiger partial charge in [0.2, 0.25) is 5.91 Å². The minimum Gasteiger partial charge on any atom is -0.330 e. The predicted molar refractivity (Wildman–Crippen MR) is 76.6 cm³/mol. The van der Waals surface area contributed by atoms with Gasteiger partial charge < -0.3 is 10.6 Å². The number of nitrogens with two attached hydrogens (primary N) is 1. The molecule has 1 amide bonds. The van der Waals surface area contributed by atoms with E-state index in [1.165, 1.54) is 5.56 Å². The predicted octanol–water partition coefficient (Wildman–Crippen LogP) is 2.58. The Bertz CT molecular complexity index is 384. The van der Waals surface area contributed by atoms with Gasteiger partial charge in [-0.1, -0.05) is 31.5 Å². The van der Waals surface area contributed by atoms with Gasteiger partial charge in [0.05, 0.1) is 5.92 Å². The molecule has 0 heterocycles. The summed E-state index contributed by atoms with van der Waals surface area (Å²) >= 11 is 0. The zero-order valence-corrected chi connectivity index (χ0v) is 11.8. The van der Waals surface area contributed by atoms with Crippen LogP contribution >= 0.6 is 0 Å². The van der Waals surface area contributed by atoms with Crippen molar-refractivity contribution in [2.24, 2.45) is 17.6 Å².